The van der Waals surface area contributed by atoms with Crippen molar-refractivity contribution in [2.24, 2.45) is 0 Å². The minimum Gasteiger partial charge on any atom is -0.496 e. The number of nitrogens with two attached hydrogens (primary N) is 1. The lowest BCUT2D eigenvalue weighted by Gasteiger charge is -2.32. The number of nitrogens with zero attached hydrogens (tertiary/aromatic N) is 1. The number of ether oxygens (including phenoxy) is 1. The molecular formula is C20H25N3O2. The average Bonchev–Trinajstić information content (AvgIpc) is 2.64. The van der Waals surface area contributed by atoms with Crippen LogP contribution in [0.3, 0.4) is 0 Å². The van der Waals surface area contributed by atoms with Crippen molar-refractivity contribution in [3.05, 3.63) is 59.7 Å². The molecule has 3 rings (SSSR count). The first kappa shape index (κ1) is 17.3. The van der Waals surface area contributed by atoms with Gasteiger partial charge in [0.1, 0.15) is 5.75 Å². The number of nitrogens with one attached hydrogen (secondary N) is 1. The van der Waals surface area contributed by atoms with Gasteiger partial charge in [0.15, 0.2) is 0 Å². The Balaban J connectivity index is 1.53. The maximum atomic E-state index is 12.5. The Hall–Kier alpha value is -2.53. The molecule has 0 aromatic heterocycles. The molecule has 0 saturated carbocycles. The third-order valence-electron chi connectivity index (χ3n) is 4.64. The van der Waals surface area contributed by atoms with E-state index in [9.17, 15) is 4.79 Å². The Bertz CT molecular complexity index is 710. The van der Waals surface area contributed by atoms with E-state index < -0.39 is 0 Å². The SMILES string of the molecule is COc1cc(N)ccc1C(=O)NC1CCN(Cc2ccccc2)CC1. The van der Waals surface area contributed by atoms with Crippen molar-refractivity contribution in [1.82, 2.24) is 10.2 Å². The highest BCUT2D eigenvalue weighted by Crippen LogP contribution is 2.22. The maximum absolute atomic E-state index is 12.5. The first-order chi connectivity index (χ1) is 12.2. The van der Waals surface area contributed by atoms with Crippen LogP contribution < -0.4 is 15.8 Å². The molecule has 1 aliphatic rings. The molecule has 1 fully saturated rings. The Labute approximate surface area is 148 Å². The van der Waals surface area contributed by atoms with Crippen LogP contribution in [0.15, 0.2) is 48.5 Å². The normalized spacial score (nSPS) is 15.7. The van der Waals surface area contributed by atoms with Crippen molar-refractivity contribution in [3.63, 3.8) is 0 Å². The van der Waals surface area contributed by atoms with Crippen molar-refractivity contribution in [3.8, 4) is 5.75 Å². The molecule has 2 aromatic rings. The second-order valence-corrected chi connectivity index (χ2v) is 6.47. The van der Waals surface area contributed by atoms with E-state index in [2.05, 4.69) is 34.5 Å². The molecule has 0 radical (unpaired) electrons. The number of amides is 1. The van der Waals surface area contributed by atoms with E-state index in [0.717, 1.165) is 32.5 Å². The Morgan fingerprint density at radius 1 is 1.20 bits per heavy atom. The fraction of sp³-hybridized carbons (Fsp3) is 0.350. The zero-order chi connectivity index (χ0) is 17.6. The largest absolute Gasteiger partial charge is 0.496 e. The van der Waals surface area contributed by atoms with Crippen LogP contribution in [0.2, 0.25) is 0 Å². The van der Waals surface area contributed by atoms with Crippen LogP contribution >= 0.6 is 0 Å². The van der Waals surface area contributed by atoms with Gasteiger partial charge in [-0.1, -0.05) is 30.3 Å². The van der Waals surface area contributed by atoms with Crippen LogP contribution in [-0.4, -0.2) is 37.0 Å². The van der Waals surface area contributed by atoms with Gasteiger partial charge in [-0.25, -0.2) is 0 Å². The van der Waals surface area contributed by atoms with Crippen molar-refractivity contribution >= 4 is 11.6 Å². The number of nitrogen functional groups attached to an aromatic ring is 1. The molecule has 1 aliphatic heterocycles. The number of carbonyl (C=O) groups is 1. The second-order valence-electron chi connectivity index (χ2n) is 6.47. The van der Waals surface area contributed by atoms with E-state index in [-0.39, 0.29) is 11.9 Å². The molecule has 5 heteroatoms. The van der Waals surface area contributed by atoms with Crippen LogP contribution in [0.25, 0.3) is 0 Å². The summed E-state index contributed by atoms with van der Waals surface area (Å²) in [5.41, 5.74) is 8.20. The van der Waals surface area contributed by atoms with E-state index in [1.165, 1.54) is 5.56 Å². The quantitative estimate of drug-likeness (QED) is 0.822. The van der Waals surface area contributed by atoms with Crippen LogP contribution in [0.5, 0.6) is 5.75 Å². The minimum absolute atomic E-state index is 0.0987. The molecule has 2 aromatic carbocycles. The Morgan fingerprint density at radius 3 is 2.60 bits per heavy atom. The van der Waals surface area contributed by atoms with Crippen LogP contribution in [0.1, 0.15) is 28.8 Å². The molecule has 0 spiro atoms. The van der Waals surface area contributed by atoms with Gasteiger partial charge in [-0.3, -0.25) is 9.69 Å². The number of carbonyl (C=O) groups excluding carboxylic acids is 1. The van der Waals surface area contributed by atoms with E-state index in [4.69, 9.17) is 10.5 Å². The summed E-state index contributed by atoms with van der Waals surface area (Å²) in [5, 5.41) is 3.13. The highest BCUT2D eigenvalue weighted by Gasteiger charge is 2.22. The Morgan fingerprint density at radius 2 is 1.92 bits per heavy atom. The molecule has 1 heterocycles. The summed E-state index contributed by atoms with van der Waals surface area (Å²) >= 11 is 0. The van der Waals surface area contributed by atoms with Crippen LogP contribution in [0.4, 0.5) is 5.69 Å². The van der Waals surface area contributed by atoms with Crippen molar-refractivity contribution < 1.29 is 9.53 Å². The van der Waals surface area contributed by atoms with Gasteiger partial charge in [0.25, 0.3) is 5.91 Å². The fourth-order valence-electron chi connectivity index (χ4n) is 3.24. The summed E-state index contributed by atoms with van der Waals surface area (Å²) in [6.45, 7) is 2.94. The summed E-state index contributed by atoms with van der Waals surface area (Å²) in [6.07, 6.45) is 1.91. The first-order valence-corrected chi connectivity index (χ1v) is 8.66. The Kier molecular flexibility index (Phi) is 5.56. The van der Waals surface area contributed by atoms with Gasteiger partial charge in [0.2, 0.25) is 0 Å². The smallest absolute Gasteiger partial charge is 0.255 e. The van der Waals surface area contributed by atoms with Crippen molar-refractivity contribution in [1.29, 1.82) is 0 Å². The molecule has 5 nitrogen and oxygen atoms in total. The predicted octanol–water partition coefficient (Wildman–Crippen LogP) is 2.67. The van der Waals surface area contributed by atoms with Crippen molar-refractivity contribution in [2.45, 2.75) is 25.4 Å². The molecule has 132 valence electrons. The van der Waals surface area contributed by atoms with Crippen LogP contribution in [0, 0.1) is 0 Å². The molecule has 0 bridgehead atoms. The number of hydrogen-bond donors (Lipinski definition) is 2. The van der Waals surface area contributed by atoms with E-state index >= 15 is 0 Å². The molecule has 0 atom stereocenters. The van der Waals surface area contributed by atoms with Crippen LogP contribution in [-0.2, 0) is 6.54 Å². The van der Waals surface area contributed by atoms with Crippen molar-refractivity contribution in [2.75, 3.05) is 25.9 Å². The van der Waals surface area contributed by atoms with Gasteiger partial charge in [0, 0.05) is 37.4 Å². The molecule has 1 amide bonds. The molecule has 25 heavy (non-hydrogen) atoms. The highest BCUT2D eigenvalue weighted by molar-refractivity contribution is 5.97. The number of hydrogen-bond acceptors (Lipinski definition) is 4. The third kappa shape index (κ3) is 4.51. The van der Waals surface area contributed by atoms with Gasteiger partial charge in [0.05, 0.1) is 12.7 Å². The third-order valence-corrected chi connectivity index (χ3v) is 4.64. The molecule has 3 N–H and O–H groups in total. The predicted molar refractivity (Wildman–Crippen MR) is 99.6 cm³/mol. The van der Waals surface area contributed by atoms with Gasteiger partial charge < -0.3 is 15.8 Å². The number of piperidine rings is 1. The molecular weight excluding hydrogens is 314 g/mol. The van der Waals surface area contributed by atoms with E-state index in [0.29, 0.717) is 17.0 Å². The number of benzene rings is 2. The molecule has 0 unspecified atom stereocenters. The monoisotopic (exact) mass is 339 g/mol. The second kappa shape index (κ2) is 8.03. The van der Waals surface area contributed by atoms with Gasteiger partial charge in [-0.2, -0.15) is 0 Å². The topological polar surface area (TPSA) is 67.6 Å². The average molecular weight is 339 g/mol. The van der Waals surface area contributed by atoms with Gasteiger partial charge in [-0.15, -0.1) is 0 Å². The lowest BCUT2D eigenvalue weighted by Crippen LogP contribution is -2.44. The number of anilines is 1. The lowest BCUT2D eigenvalue weighted by atomic mass is 10.0. The summed E-state index contributed by atoms with van der Waals surface area (Å²) in [6, 6.07) is 15.8. The lowest BCUT2D eigenvalue weighted by molar-refractivity contribution is 0.0906. The number of rotatable bonds is 5. The number of methoxy groups -OCH3 is 1. The number of likely N-dealkylation sites (tertiary alicyclic amines) is 1. The zero-order valence-corrected chi connectivity index (χ0v) is 14.6. The molecule has 1 saturated heterocycles. The summed E-state index contributed by atoms with van der Waals surface area (Å²) in [7, 11) is 1.55. The first-order valence-electron chi connectivity index (χ1n) is 8.66. The summed E-state index contributed by atoms with van der Waals surface area (Å²) < 4.78 is 5.27. The van der Waals surface area contributed by atoms with Gasteiger partial charge >= 0.3 is 0 Å². The zero-order valence-electron chi connectivity index (χ0n) is 14.6. The van der Waals surface area contributed by atoms with E-state index in [1.807, 2.05) is 6.07 Å². The molecule has 0 aliphatic carbocycles. The highest BCUT2D eigenvalue weighted by atomic mass is 16.5. The summed E-state index contributed by atoms with van der Waals surface area (Å²) in [5.74, 6) is 0.414. The summed E-state index contributed by atoms with van der Waals surface area (Å²) in [4.78, 5) is 15.0. The van der Waals surface area contributed by atoms with Gasteiger partial charge in [-0.05, 0) is 30.5 Å². The van der Waals surface area contributed by atoms with E-state index in [1.54, 1.807) is 25.3 Å². The maximum Gasteiger partial charge on any atom is 0.255 e. The standard InChI is InChI=1S/C20H25N3O2/c1-25-19-13-16(21)7-8-18(19)20(24)22-17-9-11-23(12-10-17)14-15-5-3-2-4-6-15/h2-8,13,17H,9-12,14,21H2,1H3,(H,22,24). The minimum atomic E-state index is -0.0987. The fourth-order valence-corrected chi connectivity index (χ4v) is 3.24.